The molecule has 0 aliphatic heterocycles. The Labute approximate surface area is 246 Å². The normalized spacial score (nSPS) is 12.2. The van der Waals surface area contributed by atoms with E-state index in [2.05, 4.69) is 59.5 Å². The molecule has 0 fully saturated rings. The lowest BCUT2D eigenvalue weighted by Crippen LogP contribution is -2.39. The molecule has 0 spiro atoms. The van der Waals surface area contributed by atoms with Gasteiger partial charge in [-0.15, -0.1) is 0 Å². The van der Waals surface area contributed by atoms with Gasteiger partial charge in [0.15, 0.2) is 6.23 Å². The average Bonchev–Trinajstić information content (AvgIpc) is 2.91. The predicted molar refractivity (Wildman–Crippen MR) is 159 cm³/mol. The maximum absolute atomic E-state index is 12.7. The number of anilines is 1. The molecule has 200 valence electrons. The lowest BCUT2D eigenvalue weighted by atomic mass is 10.1. The van der Waals surface area contributed by atoms with E-state index in [9.17, 15) is 14.4 Å². The summed E-state index contributed by atoms with van der Waals surface area (Å²) in [6.07, 6.45) is -0.333. The first kappa shape index (κ1) is 28.3. The molecule has 9 nitrogen and oxygen atoms in total. The summed E-state index contributed by atoms with van der Waals surface area (Å²) in [5.41, 5.74) is 1.62. The molecule has 0 radical (unpaired) electrons. The van der Waals surface area contributed by atoms with Gasteiger partial charge in [0, 0.05) is 25.8 Å². The molecule has 0 bridgehead atoms. The summed E-state index contributed by atoms with van der Waals surface area (Å²) in [6, 6.07) is 22.1. The van der Waals surface area contributed by atoms with Gasteiger partial charge in [-0.2, -0.15) is 0 Å². The molecular weight excluding hydrogens is 679 g/mol. The Kier molecular flexibility index (Phi) is 9.71. The third-order valence-electron chi connectivity index (χ3n) is 5.54. The molecule has 39 heavy (non-hydrogen) atoms. The summed E-state index contributed by atoms with van der Waals surface area (Å²) in [5, 5.41) is 9.80. The molecule has 0 saturated carbocycles. The van der Waals surface area contributed by atoms with Gasteiger partial charge < -0.3 is 14.8 Å². The Morgan fingerprint density at radius 2 is 1.69 bits per heavy atom. The van der Waals surface area contributed by atoms with Crippen molar-refractivity contribution in [3.63, 3.8) is 0 Å². The highest BCUT2D eigenvalue weighted by Gasteiger charge is 2.21. The standard InChI is InChI=1S/C28H24BrIN4O5/c1-17(38-28(37)34-24-8-4-6-18-5-2-3-7-23(18)24)33-27(36)39-25(19-9-11-22(30)12-10-19)16-32-26(35)20-13-21(29)15-31-14-20/h2-15,17,25H,16H2,1H3,(H,32,35)(H,33,36)(H,34,37). The number of benzene rings is 3. The van der Waals surface area contributed by atoms with E-state index in [1.165, 1.54) is 13.1 Å². The van der Waals surface area contributed by atoms with Gasteiger partial charge in [0.2, 0.25) is 0 Å². The lowest BCUT2D eigenvalue weighted by Gasteiger charge is -2.21. The van der Waals surface area contributed by atoms with Crippen LogP contribution in [0.5, 0.6) is 0 Å². The zero-order valence-corrected chi connectivity index (χ0v) is 24.4. The van der Waals surface area contributed by atoms with E-state index < -0.39 is 24.5 Å². The van der Waals surface area contributed by atoms with Gasteiger partial charge >= 0.3 is 12.2 Å². The molecule has 1 heterocycles. The molecule has 0 aliphatic rings. The first-order chi connectivity index (χ1) is 18.8. The number of aromatic nitrogens is 1. The number of hydrogen-bond acceptors (Lipinski definition) is 6. The maximum Gasteiger partial charge on any atom is 0.413 e. The Morgan fingerprint density at radius 1 is 0.949 bits per heavy atom. The highest BCUT2D eigenvalue weighted by molar-refractivity contribution is 14.1. The van der Waals surface area contributed by atoms with Gasteiger partial charge in [-0.3, -0.25) is 20.4 Å². The van der Waals surface area contributed by atoms with Crippen molar-refractivity contribution in [2.45, 2.75) is 19.3 Å². The van der Waals surface area contributed by atoms with Crippen LogP contribution in [0.3, 0.4) is 0 Å². The van der Waals surface area contributed by atoms with Crippen LogP contribution in [-0.2, 0) is 9.47 Å². The van der Waals surface area contributed by atoms with Crippen LogP contribution in [0.25, 0.3) is 10.8 Å². The molecule has 3 amide bonds. The van der Waals surface area contributed by atoms with Crippen LogP contribution >= 0.6 is 38.5 Å². The fourth-order valence-electron chi connectivity index (χ4n) is 3.72. The average molecular weight is 703 g/mol. The number of fused-ring (bicyclic) bond motifs is 1. The summed E-state index contributed by atoms with van der Waals surface area (Å²) >= 11 is 5.47. The summed E-state index contributed by atoms with van der Waals surface area (Å²) in [4.78, 5) is 41.8. The van der Waals surface area contributed by atoms with Gasteiger partial charge in [0.1, 0.15) is 6.10 Å². The SMILES string of the molecule is CC(NC(=O)OC(CNC(=O)c1cncc(Br)c1)c1ccc(I)cc1)OC(=O)Nc1cccc2ccccc12. The highest BCUT2D eigenvalue weighted by Crippen LogP contribution is 2.23. The number of halogens is 2. The van der Waals surface area contributed by atoms with Crippen LogP contribution in [0.4, 0.5) is 15.3 Å². The van der Waals surface area contributed by atoms with E-state index in [0.29, 0.717) is 21.3 Å². The third kappa shape index (κ3) is 8.14. The predicted octanol–water partition coefficient (Wildman–Crippen LogP) is 6.39. The van der Waals surface area contributed by atoms with Gasteiger partial charge in [0.05, 0.1) is 17.8 Å². The van der Waals surface area contributed by atoms with Crippen molar-refractivity contribution in [1.29, 1.82) is 0 Å². The van der Waals surface area contributed by atoms with Gasteiger partial charge in [-0.25, -0.2) is 9.59 Å². The van der Waals surface area contributed by atoms with E-state index in [-0.39, 0.29) is 12.5 Å². The number of amides is 3. The van der Waals surface area contributed by atoms with Crippen molar-refractivity contribution in [3.8, 4) is 0 Å². The fraction of sp³-hybridized carbons (Fsp3) is 0.143. The second kappa shape index (κ2) is 13.4. The smallest absolute Gasteiger partial charge is 0.413 e. The molecule has 4 rings (SSSR count). The minimum absolute atomic E-state index is 0.0101. The number of rotatable bonds is 8. The molecule has 4 aromatic rings. The summed E-state index contributed by atoms with van der Waals surface area (Å²) in [5.74, 6) is -0.370. The number of nitrogens with zero attached hydrogens (tertiary/aromatic N) is 1. The first-order valence-corrected chi connectivity index (χ1v) is 13.7. The van der Waals surface area contributed by atoms with E-state index in [0.717, 1.165) is 14.3 Å². The minimum atomic E-state index is -0.993. The maximum atomic E-state index is 12.7. The molecule has 2 unspecified atom stereocenters. The van der Waals surface area contributed by atoms with E-state index in [4.69, 9.17) is 9.47 Å². The van der Waals surface area contributed by atoms with Crippen LogP contribution in [0.15, 0.2) is 89.7 Å². The second-order valence-electron chi connectivity index (χ2n) is 8.39. The Hall–Kier alpha value is -3.71. The molecular formula is C28H24BrIN4O5. The summed E-state index contributed by atoms with van der Waals surface area (Å²) in [7, 11) is 0. The zero-order chi connectivity index (χ0) is 27.8. The first-order valence-electron chi connectivity index (χ1n) is 11.9. The van der Waals surface area contributed by atoms with Crippen molar-refractivity contribution >= 4 is 73.1 Å². The zero-order valence-electron chi connectivity index (χ0n) is 20.7. The molecule has 0 aliphatic carbocycles. The van der Waals surface area contributed by atoms with E-state index in [1.807, 2.05) is 60.7 Å². The number of carbonyl (C=O) groups is 3. The summed E-state index contributed by atoms with van der Waals surface area (Å²) < 4.78 is 12.6. The molecule has 1 aromatic heterocycles. The largest absolute Gasteiger partial charge is 0.439 e. The van der Waals surface area contributed by atoms with Crippen molar-refractivity contribution in [1.82, 2.24) is 15.6 Å². The van der Waals surface area contributed by atoms with Gasteiger partial charge in [-0.05, 0) is 80.7 Å². The number of carbonyl (C=O) groups excluding carboxylic acids is 3. The Morgan fingerprint density at radius 3 is 2.46 bits per heavy atom. The van der Waals surface area contributed by atoms with Crippen molar-refractivity contribution in [2.24, 2.45) is 0 Å². The van der Waals surface area contributed by atoms with Crippen LogP contribution < -0.4 is 16.0 Å². The van der Waals surface area contributed by atoms with Crippen LogP contribution in [0.1, 0.15) is 28.9 Å². The minimum Gasteiger partial charge on any atom is -0.439 e. The number of ether oxygens (including phenoxy) is 2. The second-order valence-corrected chi connectivity index (χ2v) is 10.6. The Balaban J connectivity index is 1.35. The summed E-state index contributed by atoms with van der Waals surface area (Å²) in [6.45, 7) is 1.52. The van der Waals surface area contributed by atoms with Crippen molar-refractivity contribution in [3.05, 3.63) is 104 Å². The molecule has 3 N–H and O–H groups in total. The highest BCUT2D eigenvalue weighted by atomic mass is 127. The van der Waals surface area contributed by atoms with Gasteiger partial charge in [-0.1, -0.05) is 48.5 Å². The molecule has 11 heteroatoms. The molecule has 2 atom stereocenters. The van der Waals surface area contributed by atoms with Gasteiger partial charge in [0.25, 0.3) is 5.91 Å². The topological polar surface area (TPSA) is 119 Å². The van der Waals surface area contributed by atoms with Crippen LogP contribution in [0, 0.1) is 3.57 Å². The Bertz CT molecular complexity index is 1480. The van der Waals surface area contributed by atoms with Crippen molar-refractivity contribution in [2.75, 3.05) is 11.9 Å². The fourth-order valence-corrected chi connectivity index (χ4v) is 4.45. The van der Waals surface area contributed by atoms with Crippen LogP contribution in [-0.4, -0.2) is 35.9 Å². The lowest BCUT2D eigenvalue weighted by molar-refractivity contribution is 0.0619. The number of hydrogen-bond donors (Lipinski definition) is 3. The number of nitrogens with one attached hydrogen (secondary N) is 3. The number of alkyl carbamates (subject to hydrolysis) is 1. The number of pyridine rings is 1. The van der Waals surface area contributed by atoms with Crippen LogP contribution in [0.2, 0.25) is 0 Å². The monoisotopic (exact) mass is 702 g/mol. The van der Waals surface area contributed by atoms with Crippen molar-refractivity contribution < 1.29 is 23.9 Å². The molecule has 0 saturated heterocycles. The molecule has 3 aromatic carbocycles. The third-order valence-corrected chi connectivity index (χ3v) is 6.69. The quantitative estimate of drug-likeness (QED) is 0.145. The van der Waals surface area contributed by atoms with E-state index >= 15 is 0 Å². The van der Waals surface area contributed by atoms with E-state index in [1.54, 1.807) is 18.3 Å².